The van der Waals surface area contributed by atoms with Gasteiger partial charge in [-0.1, -0.05) is 18.2 Å². The van der Waals surface area contributed by atoms with E-state index in [0.29, 0.717) is 19.7 Å². The summed E-state index contributed by atoms with van der Waals surface area (Å²) in [7, 11) is 0. The van der Waals surface area contributed by atoms with Crippen LogP contribution in [0.5, 0.6) is 5.75 Å². The van der Waals surface area contributed by atoms with Crippen molar-refractivity contribution in [2.75, 3.05) is 32.9 Å². The molecule has 130 valence electrons. The fraction of sp³-hybridized carbons (Fsp3) is 0.368. The molecule has 1 aliphatic rings. The number of nitrogens with zero attached hydrogens (tertiary/aromatic N) is 3. The van der Waals surface area contributed by atoms with Crippen LogP contribution in [0, 0.1) is 11.3 Å². The Morgan fingerprint density at radius 1 is 1.20 bits per heavy atom. The van der Waals surface area contributed by atoms with Gasteiger partial charge in [0.1, 0.15) is 24.0 Å². The van der Waals surface area contributed by atoms with E-state index >= 15 is 0 Å². The highest BCUT2D eigenvalue weighted by atomic mass is 16.5. The summed E-state index contributed by atoms with van der Waals surface area (Å²) in [5.41, 5.74) is 0.855. The van der Waals surface area contributed by atoms with Gasteiger partial charge in [-0.3, -0.25) is 9.69 Å². The van der Waals surface area contributed by atoms with E-state index in [-0.39, 0.29) is 11.1 Å². The highest BCUT2D eigenvalue weighted by Crippen LogP contribution is 2.09. The standard InChI is InChI=1S/C19H21N3O3/c20-13-17-12-16(14-21-6-9-24-10-7-21)15-22(19(17)23)8-11-25-18-4-2-1-3-5-18/h1-5,12,15H,6-11,14H2. The maximum atomic E-state index is 12.3. The molecule has 25 heavy (non-hydrogen) atoms. The third-order valence-electron chi connectivity index (χ3n) is 4.12. The number of nitriles is 1. The number of morpholine rings is 1. The van der Waals surface area contributed by atoms with Crippen molar-refractivity contribution in [3.8, 4) is 11.8 Å². The van der Waals surface area contributed by atoms with Crippen molar-refractivity contribution in [3.63, 3.8) is 0 Å². The van der Waals surface area contributed by atoms with E-state index in [1.165, 1.54) is 0 Å². The molecular weight excluding hydrogens is 318 g/mol. The normalized spacial score (nSPS) is 14.8. The van der Waals surface area contributed by atoms with Gasteiger partial charge in [-0.15, -0.1) is 0 Å². The Hall–Kier alpha value is -2.62. The molecule has 0 unspecified atom stereocenters. The van der Waals surface area contributed by atoms with E-state index in [1.807, 2.05) is 42.6 Å². The van der Waals surface area contributed by atoms with E-state index in [4.69, 9.17) is 9.47 Å². The Morgan fingerprint density at radius 2 is 1.96 bits per heavy atom. The van der Waals surface area contributed by atoms with E-state index in [2.05, 4.69) is 4.90 Å². The maximum Gasteiger partial charge on any atom is 0.268 e. The van der Waals surface area contributed by atoms with Gasteiger partial charge in [-0.25, -0.2) is 0 Å². The molecule has 6 nitrogen and oxygen atoms in total. The van der Waals surface area contributed by atoms with Gasteiger partial charge < -0.3 is 14.0 Å². The first-order valence-electron chi connectivity index (χ1n) is 8.37. The predicted octanol–water partition coefficient (Wildman–Crippen LogP) is 1.63. The molecule has 1 fully saturated rings. The monoisotopic (exact) mass is 339 g/mol. The second-order valence-corrected chi connectivity index (χ2v) is 5.92. The van der Waals surface area contributed by atoms with Crippen LogP contribution in [0.4, 0.5) is 0 Å². The highest BCUT2D eigenvalue weighted by Gasteiger charge is 2.13. The Kier molecular flexibility index (Phi) is 5.83. The average molecular weight is 339 g/mol. The van der Waals surface area contributed by atoms with Gasteiger partial charge in [-0.2, -0.15) is 5.26 Å². The lowest BCUT2D eigenvalue weighted by Gasteiger charge is -2.26. The molecule has 0 aliphatic carbocycles. The van der Waals surface area contributed by atoms with Crippen LogP contribution in [0.1, 0.15) is 11.1 Å². The second-order valence-electron chi connectivity index (χ2n) is 5.92. The number of hydrogen-bond acceptors (Lipinski definition) is 5. The van der Waals surface area contributed by atoms with Crippen LogP contribution < -0.4 is 10.3 Å². The SMILES string of the molecule is N#Cc1cc(CN2CCOCC2)cn(CCOc2ccccc2)c1=O. The molecule has 1 aromatic carbocycles. The number of pyridine rings is 1. The first-order valence-corrected chi connectivity index (χ1v) is 8.37. The van der Waals surface area contributed by atoms with Crippen molar-refractivity contribution in [1.82, 2.24) is 9.47 Å². The smallest absolute Gasteiger partial charge is 0.268 e. The zero-order valence-corrected chi connectivity index (χ0v) is 14.1. The highest BCUT2D eigenvalue weighted by molar-refractivity contribution is 5.30. The molecule has 0 radical (unpaired) electrons. The molecule has 2 heterocycles. The van der Waals surface area contributed by atoms with Gasteiger partial charge in [0.05, 0.1) is 19.8 Å². The number of benzene rings is 1. The Bertz CT molecular complexity index is 790. The van der Waals surface area contributed by atoms with Crippen LogP contribution in [0.2, 0.25) is 0 Å². The molecule has 0 amide bonds. The Labute approximate surface area is 146 Å². The van der Waals surface area contributed by atoms with E-state index < -0.39 is 0 Å². The van der Waals surface area contributed by atoms with Crippen molar-refractivity contribution in [1.29, 1.82) is 5.26 Å². The fourth-order valence-electron chi connectivity index (χ4n) is 2.83. The van der Waals surface area contributed by atoms with Gasteiger partial charge in [-0.05, 0) is 23.8 Å². The summed E-state index contributed by atoms with van der Waals surface area (Å²) < 4.78 is 12.6. The summed E-state index contributed by atoms with van der Waals surface area (Å²) in [4.78, 5) is 14.6. The van der Waals surface area contributed by atoms with Gasteiger partial charge in [0, 0.05) is 25.8 Å². The summed E-state index contributed by atoms with van der Waals surface area (Å²) >= 11 is 0. The molecule has 6 heteroatoms. The summed E-state index contributed by atoms with van der Waals surface area (Å²) in [6, 6.07) is 13.2. The number of ether oxygens (including phenoxy) is 2. The molecular formula is C19H21N3O3. The van der Waals surface area contributed by atoms with Crippen molar-refractivity contribution < 1.29 is 9.47 Å². The topological polar surface area (TPSA) is 67.5 Å². The number of rotatable bonds is 6. The first kappa shape index (κ1) is 17.2. The maximum absolute atomic E-state index is 12.3. The first-order chi connectivity index (χ1) is 12.3. The fourth-order valence-corrected chi connectivity index (χ4v) is 2.83. The lowest BCUT2D eigenvalue weighted by atomic mass is 10.2. The van der Waals surface area contributed by atoms with Crippen LogP contribution in [-0.2, 0) is 17.8 Å². The molecule has 0 N–H and O–H groups in total. The average Bonchev–Trinajstić information content (AvgIpc) is 2.65. The second kappa shape index (κ2) is 8.47. The van der Waals surface area contributed by atoms with Gasteiger partial charge in [0.25, 0.3) is 5.56 Å². The largest absolute Gasteiger partial charge is 0.492 e. The van der Waals surface area contributed by atoms with Crippen LogP contribution >= 0.6 is 0 Å². The third-order valence-corrected chi connectivity index (χ3v) is 4.12. The van der Waals surface area contributed by atoms with Crippen molar-refractivity contribution in [3.05, 3.63) is 64.1 Å². The van der Waals surface area contributed by atoms with Crippen LogP contribution in [-0.4, -0.2) is 42.4 Å². The Balaban J connectivity index is 1.69. The quantitative estimate of drug-likeness (QED) is 0.800. The molecule has 1 aromatic heterocycles. The van der Waals surface area contributed by atoms with Crippen molar-refractivity contribution >= 4 is 0 Å². The minimum Gasteiger partial charge on any atom is -0.492 e. The van der Waals surface area contributed by atoms with E-state index in [1.54, 1.807) is 10.6 Å². The van der Waals surface area contributed by atoms with Gasteiger partial charge in [0.2, 0.25) is 0 Å². The van der Waals surface area contributed by atoms with Crippen molar-refractivity contribution in [2.24, 2.45) is 0 Å². The molecule has 1 saturated heterocycles. The number of aromatic nitrogens is 1. The third kappa shape index (κ3) is 4.69. The van der Waals surface area contributed by atoms with E-state index in [9.17, 15) is 10.1 Å². The zero-order chi connectivity index (χ0) is 17.5. The molecule has 1 aliphatic heterocycles. The van der Waals surface area contributed by atoms with Crippen molar-refractivity contribution in [2.45, 2.75) is 13.1 Å². The number of para-hydroxylation sites is 1. The predicted molar refractivity (Wildman–Crippen MR) is 93.5 cm³/mol. The lowest BCUT2D eigenvalue weighted by molar-refractivity contribution is 0.0341. The summed E-state index contributed by atoms with van der Waals surface area (Å²) in [6.45, 7) is 4.63. The molecule has 0 saturated carbocycles. The molecule has 2 aromatic rings. The lowest BCUT2D eigenvalue weighted by Crippen LogP contribution is -2.36. The molecule has 0 atom stereocenters. The minimum absolute atomic E-state index is 0.172. The Morgan fingerprint density at radius 3 is 2.68 bits per heavy atom. The minimum atomic E-state index is -0.273. The van der Waals surface area contributed by atoms with Crippen LogP contribution in [0.25, 0.3) is 0 Å². The van der Waals surface area contributed by atoms with Gasteiger partial charge in [0.15, 0.2) is 0 Å². The van der Waals surface area contributed by atoms with Gasteiger partial charge >= 0.3 is 0 Å². The summed E-state index contributed by atoms with van der Waals surface area (Å²) in [5, 5.41) is 9.25. The van der Waals surface area contributed by atoms with Crippen LogP contribution in [0.3, 0.4) is 0 Å². The zero-order valence-electron chi connectivity index (χ0n) is 14.1. The van der Waals surface area contributed by atoms with E-state index in [0.717, 1.165) is 37.6 Å². The molecule has 0 spiro atoms. The molecule has 3 rings (SSSR count). The summed E-state index contributed by atoms with van der Waals surface area (Å²) in [6.07, 6.45) is 1.83. The summed E-state index contributed by atoms with van der Waals surface area (Å²) in [5.74, 6) is 0.764. The van der Waals surface area contributed by atoms with Crippen LogP contribution in [0.15, 0.2) is 47.4 Å². The number of hydrogen-bond donors (Lipinski definition) is 0. The molecule has 0 bridgehead atoms.